The minimum Gasteiger partial charge on any atom is -0.170 e. The number of hydrogen-bond acceptors (Lipinski definition) is 5. The maximum absolute atomic E-state index is 13.0. The van der Waals surface area contributed by atoms with Crippen molar-refractivity contribution >= 4 is 47.1 Å². The Hall–Kier alpha value is -2.18. The summed E-state index contributed by atoms with van der Waals surface area (Å²) in [6.07, 6.45) is -2.92. The van der Waals surface area contributed by atoms with Gasteiger partial charge >= 0.3 is 171 Å². The van der Waals surface area contributed by atoms with Gasteiger partial charge in [-0.3, -0.25) is 0 Å². The number of carbonyl (C=O) groups is 1. The molecule has 1 amide bonds. The van der Waals surface area contributed by atoms with Crippen LogP contribution >= 0.6 is 23.5 Å². The van der Waals surface area contributed by atoms with E-state index in [-0.39, 0.29) is 22.4 Å². The van der Waals surface area contributed by atoms with Crippen LogP contribution in [0.2, 0.25) is 22.4 Å². The molecule has 0 fully saturated rings. The number of aromatic nitrogens is 3. The fraction of sp³-hybridized carbons (Fsp3) is 0.348. The molecule has 0 spiro atoms. The number of nitrogens with one attached hydrogen (secondary N) is 1. The van der Waals surface area contributed by atoms with Crippen LogP contribution in [0.5, 0.6) is 5.88 Å². The Morgan fingerprint density at radius 1 is 1.14 bits per heavy atom. The van der Waals surface area contributed by atoms with Gasteiger partial charge in [-0.1, -0.05) is 0 Å². The summed E-state index contributed by atoms with van der Waals surface area (Å²) in [6.45, 7) is 1.52. The van der Waals surface area contributed by atoms with E-state index >= 15 is 0 Å². The minimum absolute atomic E-state index is 0.0146. The summed E-state index contributed by atoms with van der Waals surface area (Å²) in [4.78, 5) is 18.0. The summed E-state index contributed by atoms with van der Waals surface area (Å²) in [5, 5.41) is 4.07. The quantitative estimate of drug-likeness (QED) is 0.203. The second kappa shape index (κ2) is 10.4. The molecule has 12 heteroatoms. The molecule has 0 atom stereocenters. The monoisotopic (exact) mass is 588 g/mol. The van der Waals surface area contributed by atoms with E-state index in [2.05, 4.69) is 38.1 Å². The first-order valence-electron chi connectivity index (χ1n) is 10.7. The molecular formula is C23H26ClF3GeN4O2S. The third-order valence-corrected chi connectivity index (χ3v) is 11.0. The van der Waals surface area contributed by atoms with E-state index in [1.54, 1.807) is 6.07 Å². The Kier molecular flexibility index (Phi) is 8.17. The molecular weight excluding hydrogens is 561 g/mol. The molecule has 188 valence electrons. The molecule has 2 heterocycles. The van der Waals surface area contributed by atoms with Crippen LogP contribution in [-0.2, 0) is 0 Å². The van der Waals surface area contributed by atoms with E-state index in [0.717, 1.165) is 18.7 Å². The van der Waals surface area contributed by atoms with E-state index in [1.165, 1.54) is 39.4 Å². The molecule has 0 saturated heterocycles. The largest absolute Gasteiger partial charge is 0.397 e. The van der Waals surface area contributed by atoms with Crippen molar-refractivity contribution in [1.29, 1.82) is 0 Å². The number of hydrogen-bond donors (Lipinski definition) is 1. The van der Waals surface area contributed by atoms with E-state index < -0.39 is 37.4 Å². The molecule has 3 aromatic rings. The van der Waals surface area contributed by atoms with E-state index in [0.29, 0.717) is 0 Å². The van der Waals surface area contributed by atoms with Gasteiger partial charge < -0.3 is 4.74 Å². The maximum Gasteiger partial charge on any atom is 0.397 e. The van der Waals surface area contributed by atoms with Gasteiger partial charge in [0.15, 0.2) is 0 Å². The number of alkyl halides is 3. The van der Waals surface area contributed by atoms with Crippen molar-refractivity contribution in [2.24, 2.45) is 5.41 Å². The molecule has 0 saturated carbocycles. The van der Waals surface area contributed by atoms with Crippen molar-refractivity contribution in [2.45, 2.75) is 42.2 Å². The van der Waals surface area contributed by atoms with Crippen molar-refractivity contribution in [3.05, 3.63) is 59.4 Å². The molecule has 1 N–H and O–H groups in total. The first kappa shape index (κ1) is 27.4. The van der Waals surface area contributed by atoms with E-state index in [9.17, 15) is 18.0 Å². The Labute approximate surface area is 214 Å². The molecule has 0 aliphatic rings. The van der Waals surface area contributed by atoms with Crippen LogP contribution in [0.4, 0.5) is 13.2 Å². The number of nitrogens with zero attached hydrogens (tertiary/aromatic N) is 3. The summed E-state index contributed by atoms with van der Waals surface area (Å²) in [6, 6.07) is 12.5. The van der Waals surface area contributed by atoms with Crippen LogP contribution in [0.25, 0.3) is 5.82 Å². The Morgan fingerprint density at radius 2 is 1.83 bits per heavy atom. The number of halogens is 4. The van der Waals surface area contributed by atoms with Crippen molar-refractivity contribution in [1.82, 2.24) is 19.5 Å². The molecule has 6 nitrogen and oxygen atoms in total. The summed E-state index contributed by atoms with van der Waals surface area (Å²) in [7, 11) is 0. The average molecular weight is 588 g/mol. The van der Waals surface area contributed by atoms with Crippen LogP contribution in [-0.4, -0.2) is 46.7 Å². The van der Waals surface area contributed by atoms with Crippen LogP contribution in [0.3, 0.4) is 0 Å². The van der Waals surface area contributed by atoms with Gasteiger partial charge in [-0.05, 0) is 13.8 Å². The molecule has 3 rings (SSSR count). The van der Waals surface area contributed by atoms with Crippen molar-refractivity contribution in [2.75, 3.05) is 6.61 Å². The number of carbonyl (C=O) groups excluding carboxylic acids is 1. The predicted molar refractivity (Wildman–Crippen MR) is 134 cm³/mol. The van der Waals surface area contributed by atoms with Gasteiger partial charge in [0.25, 0.3) is 0 Å². The van der Waals surface area contributed by atoms with Gasteiger partial charge in [0.1, 0.15) is 6.61 Å². The Bertz CT molecular complexity index is 1210. The summed E-state index contributed by atoms with van der Waals surface area (Å²) in [5.41, 5.74) is -1.84. The van der Waals surface area contributed by atoms with Gasteiger partial charge in [0.05, 0.1) is 5.41 Å². The molecule has 0 aliphatic carbocycles. The minimum atomic E-state index is -4.41. The zero-order valence-electron chi connectivity index (χ0n) is 19.9. The molecule has 0 bridgehead atoms. The zero-order valence-corrected chi connectivity index (χ0v) is 23.6. The van der Waals surface area contributed by atoms with Gasteiger partial charge in [-0.2, -0.15) is 13.2 Å². The fourth-order valence-corrected chi connectivity index (χ4v) is 8.66. The molecule has 0 aliphatic heterocycles. The second-order valence-electron chi connectivity index (χ2n) is 9.56. The first-order valence-corrected chi connectivity index (χ1v) is 19.2. The average Bonchev–Trinajstić information content (AvgIpc) is 3.24. The van der Waals surface area contributed by atoms with Crippen molar-refractivity contribution in [3.63, 3.8) is 0 Å². The normalized spacial score (nSPS) is 12.5. The number of rotatable bonds is 8. The number of pyridine rings is 1. The van der Waals surface area contributed by atoms with Crippen molar-refractivity contribution < 1.29 is 22.7 Å². The van der Waals surface area contributed by atoms with E-state index in [1.807, 2.05) is 18.2 Å². The maximum atomic E-state index is 13.0. The van der Waals surface area contributed by atoms with Crippen LogP contribution in [0.1, 0.15) is 24.2 Å². The predicted octanol–water partition coefficient (Wildman–Crippen LogP) is 5.87. The van der Waals surface area contributed by atoms with Gasteiger partial charge in [0.2, 0.25) is 0 Å². The van der Waals surface area contributed by atoms with Crippen LogP contribution in [0.15, 0.2) is 53.6 Å². The smallest absolute Gasteiger partial charge is 0.170 e. The topological polar surface area (TPSA) is 69.0 Å². The van der Waals surface area contributed by atoms with E-state index in [4.69, 9.17) is 16.3 Å². The third kappa shape index (κ3) is 6.74. The van der Waals surface area contributed by atoms with Crippen molar-refractivity contribution in [3.8, 4) is 11.7 Å². The zero-order chi connectivity index (χ0) is 26.0. The van der Waals surface area contributed by atoms with Gasteiger partial charge in [0, 0.05) is 0 Å². The Morgan fingerprint density at radius 3 is 2.46 bits per heavy atom. The van der Waals surface area contributed by atoms with Crippen LogP contribution < -0.4 is 13.9 Å². The molecule has 1 aromatic carbocycles. The third-order valence-electron chi connectivity index (χ3n) is 5.18. The summed E-state index contributed by atoms with van der Waals surface area (Å²) >= 11 is 5.39. The summed E-state index contributed by atoms with van der Waals surface area (Å²) < 4.78 is 49.7. The molecule has 35 heavy (non-hydrogen) atoms. The fourth-order valence-electron chi connectivity index (χ4n) is 2.90. The SMILES string of the molecule is CC(C)(COc1ccn(-c2ccc(C(=O)NSc3cccc[c]3[Ge]([CH3])([CH3])[CH3])c(Cl)n2)n1)C(F)(F)F. The van der Waals surface area contributed by atoms with Gasteiger partial charge in [-0.25, -0.2) is 0 Å². The van der Waals surface area contributed by atoms with Gasteiger partial charge in [-0.15, -0.1) is 0 Å². The number of benzene rings is 1. The standard InChI is InChI=1S/C23H26ClF3GeN4O2S/c1-22(2,23(25,26)27)14-34-19-12-13-32(30-19)18-11-10-15(20(24)29-18)21(33)31-35-17-9-7-6-8-16(17)28(3,4)5/h6-13H,14H2,1-5H3,(H,31,33). The van der Waals surface area contributed by atoms with Crippen LogP contribution in [0, 0.1) is 5.41 Å². The first-order chi connectivity index (χ1) is 16.2. The second-order valence-corrected chi connectivity index (χ2v) is 21.3. The molecule has 2 aromatic heterocycles. The molecule has 0 unspecified atom stereocenters. The summed E-state index contributed by atoms with van der Waals surface area (Å²) in [5.74, 6) is 6.75. The Balaban J connectivity index is 1.68. The number of amides is 1. The molecule has 0 radical (unpaired) electrons. The number of ether oxygens (including phenoxy) is 1.